The van der Waals surface area contributed by atoms with E-state index in [-0.39, 0.29) is 0 Å². The summed E-state index contributed by atoms with van der Waals surface area (Å²) in [6.07, 6.45) is 7.07. The maximum atomic E-state index is 4.28. The molecular weight excluding hydrogens is 200 g/mol. The van der Waals surface area contributed by atoms with Gasteiger partial charge in [0.25, 0.3) is 0 Å². The average molecular weight is 220 g/mol. The van der Waals surface area contributed by atoms with Crippen molar-refractivity contribution in [3.63, 3.8) is 0 Å². The van der Waals surface area contributed by atoms with Crippen molar-refractivity contribution in [1.82, 2.24) is 15.3 Å². The molecule has 0 radical (unpaired) electrons. The quantitative estimate of drug-likeness (QED) is 0.833. The van der Waals surface area contributed by atoms with Gasteiger partial charge in [-0.25, -0.2) is 9.97 Å². The summed E-state index contributed by atoms with van der Waals surface area (Å²) in [4.78, 5) is 10.6. The lowest BCUT2D eigenvalue weighted by Gasteiger charge is -2.33. The fraction of sp³-hybridized carbons (Fsp3) is 0.667. The van der Waals surface area contributed by atoms with Gasteiger partial charge in [-0.3, -0.25) is 0 Å². The molecule has 0 saturated carbocycles. The van der Waals surface area contributed by atoms with Gasteiger partial charge >= 0.3 is 0 Å². The third-order valence-electron chi connectivity index (χ3n) is 3.07. The Morgan fingerprint density at radius 2 is 2.25 bits per heavy atom. The van der Waals surface area contributed by atoms with Gasteiger partial charge in [0.15, 0.2) is 0 Å². The van der Waals surface area contributed by atoms with Crippen LogP contribution >= 0.6 is 0 Å². The zero-order chi connectivity index (χ0) is 11.2. The minimum atomic E-state index is 0.693. The lowest BCUT2D eigenvalue weighted by atomic mass is 10.1. The first-order chi connectivity index (χ1) is 7.90. The Labute approximate surface area is 97.1 Å². The Hall–Kier alpha value is -1.16. The number of piperidine rings is 1. The number of hydrogen-bond donors (Lipinski definition) is 1. The molecule has 1 aromatic rings. The second-order valence-electron chi connectivity index (χ2n) is 4.28. The largest absolute Gasteiger partial charge is 0.356 e. The van der Waals surface area contributed by atoms with Crippen LogP contribution in [0.1, 0.15) is 26.2 Å². The van der Waals surface area contributed by atoms with E-state index in [2.05, 4.69) is 27.1 Å². The summed E-state index contributed by atoms with van der Waals surface area (Å²) >= 11 is 0. The molecule has 16 heavy (non-hydrogen) atoms. The highest BCUT2D eigenvalue weighted by molar-refractivity contribution is 5.36. The number of rotatable bonds is 4. The molecule has 1 aliphatic rings. The van der Waals surface area contributed by atoms with Crippen LogP contribution in [0.25, 0.3) is 0 Å². The second kappa shape index (κ2) is 5.80. The fourth-order valence-electron chi connectivity index (χ4n) is 2.13. The van der Waals surface area contributed by atoms with E-state index in [4.69, 9.17) is 0 Å². The molecule has 1 aliphatic heterocycles. The molecule has 1 N–H and O–H groups in total. The highest BCUT2D eigenvalue weighted by Gasteiger charge is 2.18. The van der Waals surface area contributed by atoms with Crippen LogP contribution in [0.15, 0.2) is 18.6 Å². The predicted octanol–water partition coefficient (Wildman–Crippen LogP) is 1.45. The first-order valence-electron chi connectivity index (χ1n) is 6.14. The second-order valence-corrected chi connectivity index (χ2v) is 4.28. The van der Waals surface area contributed by atoms with E-state index in [0.29, 0.717) is 6.04 Å². The van der Waals surface area contributed by atoms with Crippen molar-refractivity contribution < 1.29 is 0 Å². The highest BCUT2D eigenvalue weighted by atomic mass is 15.2. The Bertz CT molecular complexity index is 293. The molecule has 2 heterocycles. The zero-order valence-electron chi connectivity index (χ0n) is 9.89. The third-order valence-corrected chi connectivity index (χ3v) is 3.07. The van der Waals surface area contributed by atoms with Gasteiger partial charge in [-0.05, 0) is 31.9 Å². The van der Waals surface area contributed by atoms with Crippen molar-refractivity contribution in [2.75, 3.05) is 24.5 Å². The molecule has 4 heteroatoms. The molecule has 4 nitrogen and oxygen atoms in total. The Balaban J connectivity index is 1.81. The molecule has 0 spiro atoms. The number of nitrogens with zero attached hydrogens (tertiary/aromatic N) is 3. The Kier molecular flexibility index (Phi) is 4.10. The maximum Gasteiger partial charge on any atom is 0.131 e. The van der Waals surface area contributed by atoms with Gasteiger partial charge in [-0.15, -0.1) is 0 Å². The summed E-state index contributed by atoms with van der Waals surface area (Å²) in [6, 6.07) is 2.68. The van der Waals surface area contributed by atoms with Gasteiger partial charge in [0.2, 0.25) is 0 Å². The smallest absolute Gasteiger partial charge is 0.131 e. The third kappa shape index (κ3) is 2.92. The molecule has 1 fully saturated rings. The summed E-state index contributed by atoms with van der Waals surface area (Å²) in [5.74, 6) is 1.06. The van der Waals surface area contributed by atoms with Gasteiger partial charge < -0.3 is 10.2 Å². The normalized spacial score (nSPS) is 17.7. The first kappa shape index (κ1) is 11.3. The van der Waals surface area contributed by atoms with Gasteiger partial charge in [0.1, 0.15) is 12.1 Å². The molecule has 0 aromatic carbocycles. The number of aromatic nitrogens is 2. The molecule has 2 rings (SSSR count). The van der Waals surface area contributed by atoms with Crippen LogP contribution in [0, 0.1) is 0 Å². The molecular formula is C12H20N4. The summed E-state index contributed by atoms with van der Waals surface area (Å²) in [5.41, 5.74) is 0. The van der Waals surface area contributed by atoms with Crippen molar-refractivity contribution in [2.45, 2.75) is 32.2 Å². The Morgan fingerprint density at radius 1 is 1.44 bits per heavy atom. The van der Waals surface area contributed by atoms with Crippen LogP contribution in [0.2, 0.25) is 0 Å². The molecule has 1 saturated heterocycles. The van der Waals surface area contributed by atoms with Crippen LogP contribution in [-0.2, 0) is 0 Å². The SMILES string of the molecule is CCCNC1CCN(c2ccncn2)CC1. The predicted molar refractivity (Wildman–Crippen MR) is 65.6 cm³/mol. The van der Waals surface area contributed by atoms with Crippen molar-refractivity contribution in [3.05, 3.63) is 18.6 Å². The van der Waals surface area contributed by atoms with Gasteiger partial charge in [-0.1, -0.05) is 6.92 Å². The van der Waals surface area contributed by atoms with Gasteiger partial charge in [0.05, 0.1) is 0 Å². The molecule has 0 amide bonds. The van der Waals surface area contributed by atoms with Crippen LogP contribution in [0.3, 0.4) is 0 Å². The molecule has 0 atom stereocenters. The summed E-state index contributed by atoms with van der Waals surface area (Å²) in [5, 5.41) is 3.58. The van der Waals surface area contributed by atoms with E-state index in [0.717, 1.165) is 25.5 Å². The van der Waals surface area contributed by atoms with E-state index < -0.39 is 0 Å². The van der Waals surface area contributed by atoms with Crippen molar-refractivity contribution in [3.8, 4) is 0 Å². The summed E-state index contributed by atoms with van der Waals surface area (Å²) in [6.45, 7) is 5.54. The lowest BCUT2D eigenvalue weighted by molar-refractivity contribution is 0.414. The van der Waals surface area contributed by atoms with Crippen LogP contribution in [-0.4, -0.2) is 35.6 Å². The van der Waals surface area contributed by atoms with Gasteiger partial charge in [-0.2, -0.15) is 0 Å². The zero-order valence-corrected chi connectivity index (χ0v) is 9.89. The number of nitrogens with one attached hydrogen (secondary N) is 1. The maximum absolute atomic E-state index is 4.28. The number of hydrogen-bond acceptors (Lipinski definition) is 4. The standard InChI is InChI=1S/C12H20N4/c1-2-6-14-11-4-8-16(9-5-11)12-3-7-13-10-15-12/h3,7,10-11,14H,2,4-6,8-9H2,1H3. The summed E-state index contributed by atoms with van der Waals surface area (Å²) < 4.78 is 0. The van der Waals surface area contributed by atoms with E-state index in [1.807, 2.05) is 12.3 Å². The molecule has 0 aliphatic carbocycles. The lowest BCUT2D eigenvalue weighted by Crippen LogP contribution is -2.43. The van der Waals surface area contributed by atoms with E-state index in [1.54, 1.807) is 6.33 Å². The molecule has 1 aromatic heterocycles. The summed E-state index contributed by atoms with van der Waals surface area (Å²) in [7, 11) is 0. The first-order valence-corrected chi connectivity index (χ1v) is 6.14. The average Bonchev–Trinajstić information content (AvgIpc) is 2.38. The van der Waals surface area contributed by atoms with E-state index in [1.165, 1.54) is 19.3 Å². The van der Waals surface area contributed by atoms with Crippen molar-refractivity contribution >= 4 is 5.82 Å². The van der Waals surface area contributed by atoms with Crippen LogP contribution < -0.4 is 10.2 Å². The van der Waals surface area contributed by atoms with Crippen LogP contribution in [0.4, 0.5) is 5.82 Å². The van der Waals surface area contributed by atoms with E-state index in [9.17, 15) is 0 Å². The monoisotopic (exact) mass is 220 g/mol. The highest BCUT2D eigenvalue weighted by Crippen LogP contribution is 2.16. The van der Waals surface area contributed by atoms with Crippen molar-refractivity contribution in [1.29, 1.82) is 0 Å². The molecule has 0 unspecified atom stereocenters. The molecule has 0 bridgehead atoms. The number of anilines is 1. The minimum Gasteiger partial charge on any atom is -0.356 e. The fourth-order valence-corrected chi connectivity index (χ4v) is 2.13. The topological polar surface area (TPSA) is 41.0 Å². The minimum absolute atomic E-state index is 0.693. The van der Waals surface area contributed by atoms with Crippen molar-refractivity contribution in [2.24, 2.45) is 0 Å². The van der Waals surface area contributed by atoms with Crippen LogP contribution in [0.5, 0.6) is 0 Å². The molecule has 88 valence electrons. The van der Waals surface area contributed by atoms with E-state index >= 15 is 0 Å². The Morgan fingerprint density at radius 3 is 2.88 bits per heavy atom. The van der Waals surface area contributed by atoms with Gasteiger partial charge in [0, 0.05) is 25.3 Å².